The Bertz CT molecular complexity index is 324. The Labute approximate surface area is 96.1 Å². The summed E-state index contributed by atoms with van der Waals surface area (Å²) in [6, 6.07) is 3.86. The Morgan fingerprint density at radius 3 is 3.06 bits per heavy atom. The van der Waals surface area contributed by atoms with Crippen molar-refractivity contribution in [3.8, 4) is 0 Å². The summed E-state index contributed by atoms with van der Waals surface area (Å²) in [7, 11) is 0. The first kappa shape index (κ1) is 11.2. The second-order valence-electron chi connectivity index (χ2n) is 4.41. The van der Waals surface area contributed by atoms with Crippen molar-refractivity contribution in [2.75, 3.05) is 30.3 Å². The molecule has 0 aromatic carbocycles. The zero-order valence-corrected chi connectivity index (χ0v) is 9.47. The summed E-state index contributed by atoms with van der Waals surface area (Å²) in [5, 5.41) is 8.96. The molecule has 1 atom stereocenters. The number of hydrogen-bond donors (Lipinski definition) is 2. The molecular formula is C12H19N3O. The quantitative estimate of drug-likeness (QED) is 0.806. The molecular weight excluding hydrogens is 202 g/mol. The molecule has 2 heterocycles. The molecule has 1 aliphatic rings. The topological polar surface area (TPSA) is 62.4 Å². The number of aromatic nitrogens is 1. The van der Waals surface area contributed by atoms with E-state index in [-0.39, 0.29) is 0 Å². The van der Waals surface area contributed by atoms with Gasteiger partial charge >= 0.3 is 0 Å². The second-order valence-corrected chi connectivity index (χ2v) is 4.41. The average molecular weight is 221 g/mol. The monoisotopic (exact) mass is 221 g/mol. The van der Waals surface area contributed by atoms with Crippen molar-refractivity contribution in [1.29, 1.82) is 0 Å². The number of piperidine rings is 1. The molecule has 4 nitrogen and oxygen atoms in total. The summed E-state index contributed by atoms with van der Waals surface area (Å²) < 4.78 is 0. The van der Waals surface area contributed by atoms with Crippen molar-refractivity contribution < 1.29 is 5.11 Å². The van der Waals surface area contributed by atoms with Gasteiger partial charge in [0, 0.05) is 19.7 Å². The number of hydrogen-bond acceptors (Lipinski definition) is 4. The van der Waals surface area contributed by atoms with Crippen LogP contribution < -0.4 is 10.6 Å². The van der Waals surface area contributed by atoms with Gasteiger partial charge in [-0.3, -0.25) is 0 Å². The zero-order valence-electron chi connectivity index (χ0n) is 9.47. The number of nitrogens with two attached hydrogens (primary N) is 1. The van der Waals surface area contributed by atoms with Crippen molar-refractivity contribution >= 4 is 11.5 Å². The lowest BCUT2D eigenvalue weighted by molar-refractivity contribution is 0.244. The number of aliphatic hydroxyl groups excluding tert-OH is 1. The van der Waals surface area contributed by atoms with Crippen LogP contribution in [0.25, 0.3) is 0 Å². The van der Waals surface area contributed by atoms with Gasteiger partial charge in [0.2, 0.25) is 0 Å². The van der Waals surface area contributed by atoms with E-state index in [1.54, 1.807) is 0 Å². The number of nitrogens with zero attached hydrogens (tertiary/aromatic N) is 2. The summed E-state index contributed by atoms with van der Waals surface area (Å²) in [6.07, 6.45) is 5.14. The second kappa shape index (κ2) is 5.16. The van der Waals surface area contributed by atoms with E-state index < -0.39 is 0 Å². The van der Waals surface area contributed by atoms with E-state index in [1.165, 1.54) is 12.8 Å². The minimum atomic E-state index is 0.290. The van der Waals surface area contributed by atoms with Crippen LogP contribution in [0, 0.1) is 5.92 Å². The minimum Gasteiger partial charge on any atom is -0.396 e. The fraction of sp³-hybridized carbons (Fsp3) is 0.583. The van der Waals surface area contributed by atoms with E-state index in [0.29, 0.717) is 18.3 Å². The smallest absolute Gasteiger partial charge is 0.123 e. The van der Waals surface area contributed by atoms with Gasteiger partial charge in [0.1, 0.15) is 5.82 Å². The van der Waals surface area contributed by atoms with Crippen LogP contribution in [0.2, 0.25) is 0 Å². The average Bonchev–Trinajstić information content (AvgIpc) is 2.31. The summed E-state index contributed by atoms with van der Waals surface area (Å²) in [6.45, 7) is 2.39. The molecule has 2 rings (SSSR count). The predicted molar refractivity (Wildman–Crippen MR) is 65.3 cm³/mol. The van der Waals surface area contributed by atoms with Crippen LogP contribution in [0.1, 0.15) is 19.3 Å². The standard InChI is InChI=1S/C12H19N3O/c13-12-4-3-11(8-14-12)15-6-1-2-10(9-15)5-7-16/h3-4,8,10,16H,1-2,5-7,9H2,(H2,13,14). The van der Waals surface area contributed by atoms with Crippen LogP contribution in [0.5, 0.6) is 0 Å². The van der Waals surface area contributed by atoms with Gasteiger partial charge in [-0.25, -0.2) is 4.98 Å². The Morgan fingerprint density at radius 2 is 2.38 bits per heavy atom. The van der Waals surface area contributed by atoms with Crippen molar-refractivity contribution in [2.24, 2.45) is 5.92 Å². The van der Waals surface area contributed by atoms with E-state index in [4.69, 9.17) is 10.8 Å². The van der Waals surface area contributed by atoms with Crippen molar-refractivity contribution in [3.63, 3.8) is 0 Å². The lowest BCUT2D eigenvalue weighted by atomic mass is 9.95. The number of pyridine rings is 1. The Hall–Kier alpha value is -1.29. The van der Waals surface area contributed by atoms with Crippen LogP contribution in [-0.4, -0.2) is 29.8 Å². The van der Waals surface area contributed by atoms with Gasteiger partial charge in [-0.05, 0) is 37.3 Å². The molecule has 0 amide bonds. The third-order valence-electron chi connectivity index (χ3n) is 3.19. The fourth-order valence-electron chi connectivity index (χ4n) is 2.30. The molecule has 16 heavy (non-hydrogen) atoms. The maximum atomic E-state index is 8.96. The molecule has 0 bridgehead atoms. The molecule has 0 radical (unpaired) electrons. The van der Waals surface area contributed by atoms with Crippen molar-refractivity contribution in [1.82, 2.24) is 4.98 Å². The predicted octanol–water partition coefficient (Wildman–Crippen LogP) is 1.26. The highest BCUT2D eigenvalue weighted by Crippen LogP contribution is 2.24. The normalized spacial score (nSPS) is 21.1. The number of anilines is 2. The summed E-state index contributed by atoms with van der Waals surface area (Å²) >= 11 is 0. The molecule has 1 saturated heterocycles. The van der Waals surface area contributed by atoms with Gasteiger partial charge in [-0.15, -0.1) is 0 Å². The molecule has 1 aromatic rings. The number of aliphatic hydroxyl groups is 1. The molecule has 1 aromatic heterocycles. The molecule has 1 unspecified atom stereocenters. The van der Waals surface area contributed by atoms with Crippen LogP contribution in [0.15, 0.2) is 18.3 Å². The molecule has 0 spiro atoms. The first-order chi connectivity index (χ1) is 7.79. The molecule has 0 saturated carbocycles. The Kier molecular flexibility index (Phi) is 3.62. The van der Waals surface area contributed by atoms with Gasteiger partial charge in [0.15, 0.2) is 0 Å². The van der Waals surface area contributed by atoms with Gasteiger partial charge in [0.25, 0.3) is 0 Å². The van der Waals surface area contributed by atoms with Crippen molar-refractivity contribution in [3.05, 3.63) is 18.3 Å². The highest BCUT2D eigenvalue weighted by molar-refractivity contribution is 5.48. The first-order valence-corrected chi connectivity index (χ1v) is 5.87. The highest BCUT2D eigenvalue weighted by Gasteiger charge is 2.19. The van der Waals surface area contributed by atoms with Crippen LogP contribution in [-0.2, 0) is 0 Å². The highest BCUT2D eigenvalue weighted by atomic mass is 16.3. The maximum absolute atomic E-state index is 8.96. The largest absolute Gasteiger partial charge is 0.396 e. The number of nitrogen functional groups attached to an aromatic ring is 1. The lowest BCUT2D eigenvalue weighted by Gasteiger charge is -2.34. The lowest BCUT2D eigenvalue weighted by Crippen LogP contribution is -2.35. The van der Waals surface area contributed by atoms with Gasteiger partial charge in [0.05, 0.1) is 11.9 Å². The molecule has 4 heteroatoms. The fourth-order valence-corrected chi connectivity index (χ4v) is 2.30. The van der Waals surface area contributed by atoms with Crippen LogP contribution >= 0.6 is 0 Å². The van der Waals surface area contributed by atoms with E-state index >= 15 is 0 Å². The summed E-state index contributed by atoms with van der Waals surface area (Å²) in [5.41, 5.74) is 6.70. The Balaban J connectivity index is 2.01. The van der Waals surface area contributed by atoms with E-state index in [0.717, 1.165) is 25.2 Å². The van der Waals surface area contributed by atoms with E-state index in [2.05, 4.69) is 9.88 Å². The summed E-state index contributed by atoms with van der Waals surface area (Å²) in [4.78, 5) is 6.44. The zero-order chi connectivity index (χ0) is 11.4. The van der Waals surface area contributed by atoms with E-state index in [9.17, 15) is 0 Å². The van der Waals surface area contributed by atoms with Gasteiger partial charge in [-0.2, -0.15) is 0 Å². The van der Waals surface area contributed by atoms with Crippen LogP contribution in [0.4, 0.5) is 11.5 Å². The molecule has 1 fully saturated rings. The minimum absolute atomic E-state index is 0.290. The molecule has 1 aliphatic heterocycles. The van der Waals surface area contributed by atoms with Gasteiger partial charge in [-0.1, -0.05) is 0 Å². The third kappa shape index (κ3) is 2.64. The summed E-state index contributed by atoms with van der Waals surface area (Å²) in [5.74, 6) is 1.17. The SMILES string of the molecule is Nc1ccc(N2CCCC(CCO)C2)cn1. The Morgan fingerprint density at radius 1 is 1.50 bits per heavy atom. The first-order valence-electron chi connectivity index (χ1n) is 5.87. The molecule has 88 valence electrons. The van der Waals surface area contributed by atoms with Crippen molar-refractivity contribution in [2.45, 2.75) is 19.3 Å². The molecule has 0 aliphatic carbocycles. The number of rotatable bonds is 3. The van der Waals surface area contributed by atoms with Crippen LogP contribution in [0.3, 0.4) is 0 Å². The van der Waals surface area contributed by atoms with E-state index in [1.807, 2.05) is 18.3 Å². The molecule has 3 N–H and O–H groups in total. The maximum Gasteiger partial charge on any atom is 0.123 e. The van der Waals surface area contributed by atoms with Gasteiger partial charge < -0.3 is 15.7 Å². The third-order valence-corrected chi connectivity index (χ3v) is 3.19.